The molecule has 2 bridgehead atoms. The molecular formula is C28H31ClN2O3. The standard InChI is InChI=1S/C28H30N2O3.ClH/c1-30-22-12-13-23(30)18-27(17-22)33-26-9-5-6-20(16-26)19-29-28(31)21-10-14-25(15-11-21)32-24-7-3-2-4-8-24;/h2-11,14-16,22-23,27H,12-13,17-19H2,1H3,(H,29,31);1H/t22-,23+,27?;. The molecule has 0 aliphatic carbocycles. The van der Waals surface area contributed by atoms with Crippen LogP contribution < -0.4 is 14.8 Å². The quantitative estimate of drug-likeness (QED) is 0.464. The summed E-state index contributed by atoms with van der Waals surface area (Å²) in [6.45, 7) is 0.455. The number of hydrogen-bond donors (Lipinski definition) is 1. The Hall–Kier alpha value is -3.02. The Morgan fingerprint density at radius 1 is 0.882 bits per heavy atom. The first-order valence-electron chi connectivity index (χ1n) is 11.7. The molecule has 3 atom stereocenters. The van der Waals surface area contributed by atoms with Crippen molar-refractivity contribution in [2.45, 2.75) is 50.4 Å². The van der Waals surface area contributed by atoms with Gasteiger partial charge >= 0.3 is 0 Å². The summed E-state index contributed by atoms with van der Waals surface area (Å²) in [4.78, 5) is 15.1. The second kappa shape index (κ2) is 10.9. The average Bonchev–Trinajstić information content (AvgIpc) is 3.04. The van der Waals surface area contributed by atoms with E-state index in [9.17, 15) is 4.79 Å². The molecule has 2 saturated heterocycles. The molecule has 5 nitrogen and oxygen atoms in total. The topological polar surface area (TPSA) is 50.8 Å². The zero-order chi connectivity index (χ0) is 22.6. The maximum absolute atomic E-state index is 12.6. The van der Waals surface area contributed by atoms with Crippen LogP contribution in [0.25, 0.3) is 0 Å². The Kier molecular flexibility index (Phi) is 7.76. The van der Waals surface area contributed by atoms with Crippen LogP contribution in [-0.4, -0.2) is 36.0 Å². The highest BCUT2D eigenvalue weighted by Crippen LogP contribution is 2.36. The molecule has 3 aromatic carbocycles. The predicted molar refractivity (Wildman–Crippen MR) is 136 cm³/mol. The Balaban J connectivity index is 0.00000274. The second-order valence-corrected chi connectivity index (χ2v) is 9.03. The van der Waals surface area contributed by atoms with Crippen LogP contribution >= 0.6 is 12.4 Å². The van der Waals surface area contributed by atoms with E-state index in [4.69, 9.17) is 9.47 Å². The number of nitrogens with zero attached hydrogens (tertiary/aromatic N) is 1. The van der Waals surface area contributed by atoms with Crippen molar-refractivity contribution in [1.29, 1.82) is 0 Å². The molecule has 2 fully saturated rings. The third-order valence-corrected chi connectivity index (χ3v) is 6.80. The van der Waals surface area contributed by atoms with Crippen LogP contribution in [0.4, 0.5) is 0 Å². The van der Waals surface area contributed by atoms with E-state index >= 15 is 0 Å². The fraction of sp³-hybridized carbons (Fsp3) is 0.321. The zero-order valence-corrected chi connectivity index (χ0v) is 20.2. The smallest absolute Gasteiger partial charge is 0.251 e. The van der Waals surface area contributed by atoms with Gasteiger partial charge in [-0.1, -0.05) is 30.3 Å². The van der Waals surface area contributed by atoms with E-state index < -0.39 is 0 Å². The van der Waals surface area contributed by atoms with E-state index in [2.05, 4.69) is 17.3 Å². The van der Waals surface area contributed by atoms with E-state index in [1.165, 1.54) is 12.8 Å². The lowest BCUT2D eigenvalue weighted by Crippen LogP contribution is -2.43. The van der Waals surface area contributed by atoms with Crippen molar-refractivity contribution in [3.05, 3.63) is 90.0 Å². The van der Waals surface area contributed by atoms with Crippen LogP contribution in [0.3, 0.4) is 0 Å². The molecule has 2 aliphatic heterocycles. The predicted octanol–water partition coefficient (Wildman–Crippen LogP) is 5.83. The molecule has 1 N–H and O–H groups in total. The van der Waals surface area contributed by atoms with E-state index in [0.717, 1.165) is 29.9 Å². The van der Waals surface area contributed by atoms with Gasteiger partial charge in [-0.15, -0.1) is 12.4 Å². The SMILES string of the molecule is CN1[C@@H]2CC[C@H]1CC(Oc1cccc(CNC(=O)c3ccc(Oc4ccccc4)cc3)c1)C2.Cl. The second-order valence-electron chi connectivity index (χ2n) is 9.03. The van der Waals surface area contributed by atoms with Gasteiger partial charge in [0.15, 0.2) is 0 Å². The molecule has 0 aromatic heterocycles. The summed E-state index contributed by atoms with van der Waals surface area (Å²) in [6, 6.07) is 26.1. The Morgan fingerprint density at radius 3 is 2.24 bits per heavy atom. The van der Waals surface area contributed by atoms with Gasteiger partial charge in [0.25, 0.3) is 5.91 Å². The van der Waals surface area contributed by atoms with E-state index in [0.29, 0.717) is 29.9 Å². The molecule has 2 aliphatic rings. The monoisotopic (exact) mass is 478 g/mol. The number of halogens is 1. The molecule has 0 saturated carbocycles. The normalized spacial score (nSPS) is 21.4. The van der Waals surface area contributed by atoms with Crippen molar-refractivity contribution in [1.82, 2.24) is 10.2 Å². The van der Waals surface area contributed by atoms with Gasteiger partial charge < -0.3 is 19.7 Å². The number of ether oxygens (including phenoxy) is 2. The largest absolute Gasteiger partial charge is 0.490 e. The first-order chi connectivity index (χ1) is 16.1. The summed E-state index contributed by atoms with van der Waals surface area (Å²) in [5.41, 5.74) is 1.63. The van der Waals surface area contributed by atoms with E-state index in [1.54, 1.807) is 12.1 Å². The molecule has 34 heavy (non-hydrogen) atoms. The lowest BCUT2D eigenvalue weighted by Gasteiger charge is -2.36. The van der Waals surface area contributed by atoms with Gasteiger partial charge in [-0.05, 0) is 86.8 Å². The number of benzene rings is 3. The van der Waals surface area contributed by atoms with Gasteiger partial charge in [0.05, 0.1) is 0 Å². The molecule has 2 heterocycles. The summed E-state index contributed by atoms with van der Waals surface area (Å²) >= 11 is 0. The van der Waals surface area contributed by atoms with Crippen LogP contribution in [0.2, 0.25) is 0 Å². The number of carbonyl (C=O) groups excluding carboxylic acids is 1. The highest BCUT2D eigenvalue weighted by Gasteiger charge is 2.39. The number of fused-ring (bicyclic) bond motifs is 2. The van der Waals surface area contributed by atoms with Crippen LogP contribution in [-0.2, 0) is 6.54 Å². The third-order valence-electron chi connectivity index (χ3n) is 6.80. The maximum atomic E-state index is 12.6. The van der Waals surface area contributed by atoms with E-state index in [1.807, 2.05) is 66.7 Å². The number of rotatable bonds is 7. The lowest BCUT2D eigenvalue weighted by atomic mass is 10.0. The highest BCUT2D eigenvalue weighted by atomic mass is 35.5. The molecule has 6 heteroatoms. The van der Waals surface area contributed by atoms with Crippen molar-refractivity contribution in [3.8, 4) is 17.2 Å². The van der Waals surface area contributed by atoms with Crippen molar-refractivity contribution >= 4 is 18.3 Å². The summed E-state index contributed by atoms with van der Waals surface area (Å²) in [7, 11) is 2.24. The van der Waals surface area contributed by atoms with E-state index in [-0.39, 0.29) is 24.4 Å². The Morgan fingerprint density at radius 2 is 1.53 bits per heavy atom. The first kappa shape index (κ1) is 24.1. The van der Waals surface area contributed by atoms with Crippen molar-refractivity contribution < 1.29 is 14.3 Å². The molecule has 1 amide bonds. The molecular weight excluding hydrogens is 448 g/mol. The van der Waals surface area contributed by atoms with Gasteiger partial charge in [-0.25, -0.2) is 0 Å². The molecule has 1 unspecified atom stereocenters. The van der Waals surface area contributed by atoms with Gasteiger partial charge in [-0.3, -0.25) is 4.79 Å². The Labute approximate surface area is 207 Å². The van der Waals surface area contributed by atoms with Crippen molar-refractivity contribution in [2.75, 3.05) is 7.05 Å². The molecule has 0 radical (unpaired) electrons. The number of amides is 1. The maximum Gasteiger partial charge on any atom is 0.251 e. The van der Waals surface area contributed by atoms with Crippen LogP contribution in [0.15, 0.2) is 78.9 Å². The zero-order valence-electron chi connectivity index (χ0n) is 19.4. The Bertz CT molecular complexity index is 1080. The molecule has 3 aromatic rings. The van der Waals surface area contributed by atoms with Gasteiger partial charge in [0.2, 0.25) is 0 Å². The summed E-state index contributed by atoms with van der Waals surface area (Å²) in [6.07, 6.45) is 5.04. The molecule has 178 valence electrons. The molecule has 5 rings (SSSR count). The van der Waals surface area contributed by atoms with Crippen LogP contribution in [0, 0.1) is 0 Å². The first-order valence-corrected chi connectivity index (χ1v) is 11.7. The summed E-state index contributed by atoms with van der Waals surface area (Å²) in [5, 5.41) is 3.00. The fourth-order valence-corrected chi connectivity index (χ4v) is 4.96. The minimum Gasteiger partial charge on any atom is -0.490 e. The lowest BCUT2D eigenvalue weighted by molar-refractivity contribution is 0.0661. The fourth-order valence-electron chi connectivity index (χ4n) is 4.96. The van der Waals surface area contributed by atoms with Gasteiger partial charge in [0.1, 0.15) is 23.4 Å². The summed E-state index contributed by atoms with van der Waals surface area (Å²) < 4.78 is 12.1. The van der Waals surface area contributed by atoms with Crippen LogP contribution in [0.1, 0.15) is 41.6 Å². The number of para-hydroxylation sites is 1. The third kappa shape index (κ3) is 5.72. The minimum atomic E-state index is -0.112. The number of carbonyl (C=O) groups is 1. The van der Waals surface area contributed by atoms with Gasteiger partial charge in [0, 0.05) is 24.2 Å². The molecule has 0 spiro atoms. The number of hydrogen-bond acceptors (Lipinski definition) is 4. The average molecular weight is 479 g/mol. The van der Waals surface area contributed by atoms with Gasteiger partial charge in [-0.2, -0.15) is 0 Å². The van der Waals surface area contributed by atoms with Crippen LogP contribution in [0.5, 0.6) is 17.2 Å². The highest BCUT2D eigenvalue weighted by molar-refractivity contribution is 5.94. The number of nitrogens with one attached hydrogen (secondary N) is 1. The van der Waals surface area contributed by atoms with Crippen molar-refractivity contribution in [3.63, 3.8) is 0 Å². The summed E-state index contributed by atoms with van der Waals surface area (Å²) in [5.74, 6) is 2.24. The number of piperidine rings is 1. The minimum absolute atomic E-state index is 0. The van der Waals surface area contributed by atoms with Crippen molar-refractivity contribution in [2.24, 2.45) is 0 Å².